The summed E-state index contributed by atoms with van der Waals surface area (Å²) in [5, 5.41) is 5.51. The fourth-order valence-corrected chi connectivity index (χ4v) is 3.45. The van der Waals surface area contributed by atoms with Crippen molar-refractivity contribution >= 4 is 39.0 Å². The minimum atomic E-state index is -5.38. The molecule has 15 heteroatoms. The highest BCUT2D eigenvalue weighted by Crippen LogP contribution is 2.25. The number of carbonyl (C=O) groups excluding carboxylic acids is 1. The van der Waals surface area contributed by atoms with Crippen LogP contribution in [0.15, 0.2) is 59.8 Å². The summed E-state index contributed by atoms with van der Waals surface area (Å²) in [6.45, 7) is 0. The zero-order valence-electron chi connectivity index (χ0n) is 17.0. The highest BCUT2D eigenvalue weighted by Gasteiger charge is 2.43. The van der Waals surface area contributed by atoms with Crippen molar-refractivity contribution in [3.05, 3.63) is 66.5 Å². The van der Waals surface area contributed by atoms with Crippen LogP contribution in [-0.4, -0.2) is 42.0 Å². The van der Waals surface area contributed by atoms with E-state index in [-0.39, 0.29) is 27.5 Å². The molecule has 2 aromatic carbocycles. The average molecular weight is 503 g/mol. The maximum absolute atomic E-state index is 13.4. The molecule has 0 bridgehead atoms. The van der Waals surface area contributed by atoms with Crippen LogP contribution >= 0.6 is 0 Å². The number of halogens is 5. The molecule has 0 spiro atoms. The Balaban J connectivity index is 1.77. The number of nitrogens with zero attached hydrogens (tertiary/aromatic N) is 3. The molecule has 34 heavy (non-hydrogen) atoms. The number of sulfonamides is 1. The molecule has 0 fully saturated rings. The molecule has 0 radical (unpaired) electrons. The number of anilines is 4. The first-order valence-electron chi connectivity index (χ1n) is 9.05. The fourth-order valence-electron chi connectivity index (χ4n) is 2.46. The molecule has 0 aliphatic rings. The average Bonchev–Trinajstić information content (AvgIpc) is 2.76. The highest BCUT2D eigenvalue weighted by molar-refractivity contribution is 7.89. The Labute approximate surface area is 189 Å². The van der Waals surface area contributed by atoms with E-state index in [2.05, 4.69) is 25.4 Å². The van der Waals surface area contributed by atoms with Gasteiger partial charge in [-0.05, 0) is 34.8 Å². The molecular weight excluding hydrogens is 489 g/mol. The van der Waals surface area contributed by atoms with E-state index in [1.54, 1.807) is 0 Å². The lowest BCUT2D eigenvalue weighted by Gasteiger charge is -2.17. The Bertz CT molecular complexity index is 1320. The number of benzene rings is 2. The van der Waals surface area contributed by atoms with Gasteiger partial charge in [-0.1, -0.05) is 6.07 Å². The van der Waals surface area contributed by atoms with Crippen LogP contribution in [-0.2, 0) is 19.7 Å². The van der Waals surface area contributed by atoms with Crippen LogP contribution in [0.1, 0.15) is 0 Å². The predicted octanol–water partition coefficient (Wildman–Crippen LogP) is 3.88. The molecule has 3 aromatic rings. The lowest BCUT2D eigenvalue weighted by molar-refractivity contribution is -0.219. The summed E-state index contributed by atoms with van der Waals surface area (Å²) in [4.78, 5) is 22.2. The molecule has 3 rings (SSSR count). The van der Waals surface area contributed by atoms with Crippen LogP contribution < -0.4 is 10.6 Å². The number of aromatic nitrogens is 2. The van der Waals surface area contributed by atoms with Gasteiger partial charge in [0, 0.05) is 30.6 Å². The van der Waals surface area contributed by atoms with E-state index in [9.17, 15) is 35.2 Å². The lowest BCUT2D eigenvalue weighted by Crippen LogP contribution is -2.36. The SMILES string of the molecule is CN(OC(=O)C(F)(F)F)S(=O)(=O)c1cccc(Nc2cc(Nc3ccc(F)c(F)c3)ncn2)c1. The van der Waals surface area contributed by atoms with Crippen molar-refractivity contribution in [1.29, 1.82) is 0 Å². The maximum Gasteiger partial charge on any atom is 0.492 e. The summed E-state index contributed by atoms with van der Waals surface area (Å²) in [6, 6.07) is 9.37. The number of carbonyl (C=O) groups is 1. The standard InChI is InChI=1S/C19H14F5N5O4S/c1-29(33-18(30)19(22,23)24)34(31,32)13-4-2-3-11(7-13)27-16-9-17(26-10-25-16)28-12-5-6-14(20)15(21)8-12/h2-10H,1H3,(H2,25,26,27,28). The Hall–Kier alpha value is -3.85. The number of nitrogens with one attached hydrogen (secondary N) is 2. The van der Waals surface area contributed by atoms with E-state index in [0.717, 1.165) is 30.6 Å². The van der Waals surface area contributed by atoms with Gasteiger partial charge in [0.1, 0.15) is 18.0 Å². The minimum absolute atomic E-state index is 0.159. The first-order chi connectivity index (χ1) is 15.9. The van der Waals surface area contributed by atoms with Gasteiger partial charge >= 0.3 is 12.1 Å². The largest absolute Gasteiger partial charge is 0.492 e. The highest BCUT2D eigenvalue weighted by atomic mass is 32.2. The summed E-state index contributed by atoms with van der Waals surface area (Å²) in [5.41, 5.74) is 0.363. The van der Waals surface area contributed by atoms with Crippen molar-refractivity contribution in [2.45, 2.75) is 11.1 Å². The zero-order valence-corrected chi connectivity index (χ0v) is 17.8. The monoisotopic (exact) mass is 503 g/mol. The minimum Gasteiger partial charge on any atom is -0.345 e. The second-order valence-corrected chi connectivity index (χ2v) is 8.42. The van der Waals surface area contributed by atoms with E-state index in [4.69, 9.17) is 0 Å². The van der Waals surface area contributed by atoms with Crippen molar-refractivity contribution < 1.29 is 40.0 Å². The predicted molar refractivity (Wildman–Crippen MR) is 108 cm³/mol. The number of hydrogen-bond acceptors (Lipinski definition) is 8. The van der Waals surface area contributed by atoms with Crippen molar-refractivity contribution in [1.82, 2.24) is 14.4 Å². The van der Waals surface area contributed by atoms with Gasteiger partial charge in [0.05, 0.1) is 4.90 Å². The smallest absolute Gasteiger partial charge is 0.345 e. The van der Waals surface area contributed by atoms with Crippen LogP contribution in [0.4, 0.5) is 45.0 Å². The third kappa shape index (κ3) is 5.93. The second-order valence-electron chi connectivity index (χ2n) is 6.49. The summed E-state index contributed by atoms with van der Waals surface area (Å²) >= 11 is 0. The third-order valence-electron chi connectivity index (χ3n) is 4.04. The summed E-state index contributed by atoms with van der Waals surface area (Å²) in [5.74, 6) is -4.45. The van der Waals surface area contributed by atoms with Crippen LogP contribution in [0.5, 0.6) is 0 Å². The van der Waals surface area contributed by atoms with Gasteiger partial charge in [-0.25, -0.2) is 32.0 Å². The fraction of sp³-hybridized carbons (Fsp3) is 0.105. The Morgan fingerprint density at radius 3 is 2.15 bits per heavy atom. The van der Waals surface area contributed by atoms with E-state index in [1.807, 2.05) is 0 Å². The van der Waals surface area contributed by atoms with Gasteiger partial charge in [-0.15, -0.1) is 0 Å². The van der Waals surface area contributed by atoms with Crippen LogP contribution in [0.2, 0.25) is 0 Å². The van der Waals surface area contributed by atoms with Gasteiger partial charge in [0.15, 0.2) is 11.6 Å². The third-order valence-corrected chi connectivity index (χ3v) is 5.65. The Morgan fingerprint density at radius 1 is 0.941 bits per heavy atom. The molecule has 180 valence electrons. The number of rotatable bonds is 7. The first kappa shape index (κ1) is 24.8. The van der Waals surface area contributed by atoms with E-state index in [1.165, 1.54) is 24.3 Å². The molecule has 1 heterocycles. The molecule has 0 aliphatic heterocycles. The quantitative estimate of drug-likeness (QED) is 0.369. The number of hydroxylamine groups is 1. The van der Waals surface area contributed by atoms with Gasteiger partial charge < -0.3 is 15.5 Å². The molecule has 0 amide bonds. The molecule has 0 saturated carbocycles. The van der Waals surface area contributed by atoms with Crippen molar-refractivity contribution in [3.63, 3.8) is 0 Å². The van der Waals surface area contributed by atoms with Crippen molar-refractivity contribution in [3.8, 4) is 0 Å². The summed E-state index contributed by atoms with van der Waals surface area (Å²) in [6.07, 6.45) is -4.25. The maximum atomic E-state index is 13.4. The molecule has 9 nitrogen and oxygen atoms in total. The van der Waals surface area contributed by atoms with Crippen LogP contribution in [0.25, 0.3) is 0 Å². The van der Waals surface area contributed by atoms with Gasteiger partial charge in [-0.3, -0.25) is 0 Å². The molecule has 1 aromatic heterocycles. The number of hydrogen-bond donors (Lipinski definition) is 2. The van der Waals surface area contributed by atoms with Crippen molar-refractivity contribution in [2.24, 2.45) is 0 Å². The van der Waals surface area contributed by atoms with Crippen LogP contribution in [0.3, 0.4) is 0 Å². The molecule has 2 N–H and O–H groups in total. The number of alkyl halides is 3. The Morgan fingerprint density at radius 2 is 1.56 bits per heavy atom. The molecular formula is C19H14F5N5O4S. The summed E-state index contributed by atoms with van der Waals surface area (Å²) < 4.78 is 88.2. The van der Waals surface area contributed by atoms with Gasteiger partial charge in [-0.2, -0.15) is 13.2 Å². The normalized spacial score (nSPS) is 11.9. The first-order valence-corrected chi connectivity index (χ1v) is 10.5. The zero-order chi connectivity index (χ0) is 25.1. The molecule has 0 saturated heterocycles. The Kier molecular flexibility index (Phi) is 6.97. The molecule has 0 atom stereocenters. The van der Waals surface area contributed by atoms with Crippen LogP contribution in [0, 0.1) is 11.6 Å². The second kappa shape index (κ2) is 9.56. The lowest BCUT2D eigenvalue weighted by atomic mass is 10.3. The van der Waals surface area contributed by atoms with E-state index >= 15 is 0 Å². The molecule has 0 aliphatic carbocycles. The van der Waals surface area contributed by atoms with E-state index in [0.29, 0.717) is 7.05 Å². The van der Waals surface area contributed by atoms with E-state index < -0.39 is 38.7 Å². The van der Waals surface area contributed by atoms with Gasteiger partial charge in [0.25, 0.3) is 10.0 Å². The van der Waals surface area contributed by atoms with Gasteiger partial charge in [0.2, 0.25) is 0 Å². The van der Waals surface area contributed by atoms with Crippen molar-refractivity contribution in [2.75, 3.05) is 17.7 Å². The topological polar surface area (TPSA) is 114 Å². The molecule has 0 unspecified atom stereocenters. The summed E-state index contributed by atoms with van der Waals surface area (Å²) in [7, 11) is -3.99.